The van der Waals surface area contributed by atoms with Gasteiger partial charge in [0.25, 0.3) is 0 Å². The van der Waals surface area contributed by atoms with Gasteiger partial charge in [0, 0.05) is 25.2 Å². The van der Waals surface area contributed by atoms with E-state index in [0.29, 0.717) is 23.7 Å². The van der Waals surface area contributed by atoms with Crippen molar-refractivity contribution >= 4 is 17.5 Å². The molecule has 0 atom stereocenters. The van der Waals surface area contributed by atoms with Crippen molar-refractivity contribution in [3.05, 3.63) is 54.1 Å². The maximum Gasteiger partial charge on any atom is 0.243 e. The summed E-state index contributed by atoms with van der Waals surface area (Å²) in [5.74, 6) is 0.742. The molecule has 0 fully saturated rings. The average Bonchev–Trinajstić information content (AvgIpc) is 2.67. The monoisotopic (exact) mass is 370 g/mol. The van der Waals surface area contributed by atoms with Crippen LogP contribution in [0.2, 0.25) is 0 Å². The highest BCUT2D eigenvalue weighted by Crippen LogP contribution is 2.29. The van der Waals surface area contributed by atoms with E-state index in [4.69, 9.17) is 9.47 Å². The Morgan fingerprint density at radius 1 is 1.00 bits per heavy atom. The lowest BCUT2D eigenvalue weighted by Crippen LogP contribution is -2.37. The van der Waals surface area contributed by atoms with Crippen LogP contribution in [-0.4, -0.2) is 44.0 Å². The van der Waals surface area contributed by atoms with Crippen LogP contribution in [0.4, 0.5) is 5.69 Å². The van der Waals surface area contributed by atoms with Crippen molar-refractivity contribution < 1.29 is 19.1 Å². The number of methoxy groups -OCH3 is 2. The summed E-state index contributed by atoms with van der Waals surface area (Å²) in [4.78, 5) is 25.8. The Labute approximate surface area is 160 Å². The number of nitrogens with zero attached hydrogens (tertiary/aromatic N) is 1. The molecule has 0 bridgehead atoms. The zero-order valence-corrected chi connectivity index (χ0v) is 16.0. The zero-order chi connectivity index (χ0) is 19.6. The number of hydrogen-bond donors (Lipinski definition) is 1. The molecule has 0 aromatic heterocycles. The SMILES string of the molecule is COc1ccc(NC(=O)CN(CCCc2ccccc2)C(C)=O)cc1OC. The highest BCUT2D eigenvalue weighted by atomic mass is 16.5. The lowest BCUT2D eigenvalue weighted by Gasteiger charge is -2.20. The molecule has 0 spiro atoms. The van der Waals surface area contributed by atoms with Crippen molar-refractivity contribution in [1.82, 2.24) is 4.90 Å². The van der Waals surface area contributed by atoms with Gasteiger partial charge < -0.3 is 19.7 Å². The minimum absolute atomic E-state index is 0.0124. The number of carbonyl (C=O) groups is 2. The number of amides is 2. The van der Waals surface area contributed by atoms with E-state index in [1.54, 1.807) is 30.2 Å². The second-order valence-corrected chi connectivity index (χ2v) is 6.15. The number of anilines is 1. The summed E-state index contributed by atoms with van der Waals surface area (Å²) in [5.41, 5.74) is 1.81. The van der Waals surface area contributed by atoms with E-state index in [0.717, 1.165) is 12.8 Å². The summed E-state index contributed by atoms with van der Waals surface area (Å²) >= 11 is 0. The van der Waals surface area contributed by atoms with Gasteiger partial charge in [-0.2, -0.15) is 0 Å². The Morgan fingerprint density at radius 3 is 2.33 bits per heavy atom. The van der Waals surface area contributed by atoms with E-state index >= 15 is 0 Å². The molecule has 0 heterocycles. The minimum atomic E-state index is -0.253. The van der Waals surface area contributed by atoms with Crippen LogP contribution in [0.25, 0.3) is 0 Å². The van der Waals surface area contributed by atoms with E-state index in [-0.39, 0.29) is 18.4 Å². The Kier molecular flexibility index (Phi) is 7.67. The van der Waals surface area contributed by atoms with Crippen molar-refractivity contribution in [1.29, 1.82) is 0 Å². The highest BCUT2D eigenvalue weighted by molar-refractivity contribution is 5.94. The number of carbonyl (C=O) groups excluding carboxylic acids is 2. The van der Waals surface area contributed by atoms with Gasteiger partial charge in [-0.15, -0.1) is 0 Å². The third-order valence-electron chi connectivity index (χ3n) is 4.18. The van der Waals surface area contributed by atoms with Gasteiger partial charge in [0.05, 0.1) is 20.8 Å². The van der Waals surface area contributed by atoms with Crippen LogP contribution < -0.4 is 14.8 Å². The van der Waals surface area contributed by atoms with Crippen LogP contribution in [-0.2, 0) is 16.0 Å². The van der Waals surface area contributed by atoms with Crippen LogP contribution in [0.15, 0.2) is 48.5 Å². The summed E-state index contributed by atoms with van der Waals surface area (Å²) < 4.78 is 10.4. The van der Waals surface area contributed by atoms with Crippen molar-refractivity contribution in [3.63, 3.8) is 0 Å². The van der Waals surface area contributed by atoms with Crippen LogP contribution in [0.3, 0.4) is 0 Å². The third-order valence-corrected chi connectivity index (χ3v) is 4.18. The molecule has 144 valence electrons. The molecular formula is C21H26N2O4. The number of rotatable bonds is 9. The molecule has 0 radical (unpaired) electrons. The Balaban J connectivity index is 1.89. The average molecular weight is 370 g/mol. The van der Waals surface area contributed by atoms with E-state index in [1.165, 1.54) is 19.6 Å². The fourth-order valence-corrected chi connectivity index (χ4v) is 2.75. The standard InChI is InChI=1S/C21H26N2O4/c1-16(24)23(13-7-10-17-8-5-4-6-9-17)15-21(25)22-18-11-12-19(26-2)20(14-18)27-3/h4-6,8-9,11-12,14H,7,10,13,15H2,1-3H3,(H,22,25). The van der Waals surface area contributed by atoms with Crippen LogP contribution >= 0.6 is 0 Å². The Morgan fingerprint density at radius 2 is 1.70 bits per heavy atom. The van der Waals surface area contributed by atoms with E-state index in [1.807, 2.05) is 18.2 Å². The van der Waals surface area contributed by atoms with Gasteiger partial charge in [-0.3, -0.25) is 9.59 Å². The van der Waals surface area contributed by atoms with Crippen molar-refractivity contribution in [2.45, 2.75) is 19.8 Å². The van der Waals surface area contributed by atoms with Gasteiger partial charge >= 0.3 is 0 Å². The highest BCUT2D eigenvalue weighted by Gasteiger charge is 2.14. The fraction of sp³-hybridized carbons (Fsp3) is 0.333. The quantitative estimate of drug-likeness (QED) is 0.736. The molecule has 2 aromatic rings. The van der Waals surface area contributed by atoms with Gasteiger partial charge in [-0.1, -0.05) is 30.3 Å². The summed E-state index contributed by atoms with van der Waals surface area (Å²) in [5, 5.41) is 2.79. The number of hydrogen-bond acceptors (Lipinski definition) is 4. The van der Waals surface area contributed by atoms with Gasteiger partial charge in [-0.25, -0.2) is 0 Å². The molecule has 6 heteroatoms. The van der Waals surface area contributed by atoms with Crippen molar-refractivity contribution in [2.24, 2.45) is 0 Å². The number of ether oxygens (including phenoxy) is 2. The Hall–Kier alpha value is -3.02. The van der Waals surface area contributed by atoms with Crippen molar-refractivity contribution in [2.75, 3.05) is 32.6 Å². The van der Waals surface area contributed by atoms with Crippen molar-refractivity contribution in [3.8, 4) is 11.5 Å². The topological polar surface area (TPSA) is 67.9 Å². The molecule has 1 N–H and O–H groups in total. The summed E-state index contributed by atoms with van der Waals surface area (Å²) in [6.45, 7) is 2.02. The fourth-order valence-electron chi connectivity index (χ4n) is 2.75. The molecule has 0 saturated heterocycles. The molecular weight excluding hydrogens is 344 g/mol. The smallest absolute Gasteiger partial charge is 0.243 e. The van der Waals surface area contributed by atoms with E-state index < -0.39 is 0 Å². The summed E-state index contributed by atoms with van der Waals surface area (Å²) in [6.07, 6.45) is 1.66. The third kappa shape index (κ3) is 6.33. The maximum atomic E-state index is 12.3. The van der Waals surface area contributed by atoms with Gasteiger partial charge in [-0.05, 0) is 30.5 Å². The summed E-state index contributed by atoms with van der Waals surface area (Å²) in [7, 11) is 3.09. The lowest BCUT2D eigenvalue weighted by atomic mass is 10.1. The first-order valence-electron chi connectivity index (χ1n) is 8.84. The van der Waals surface area contributed by atoms with Gasteiger partial charge in [0.1, 0.15) is 0 Å². The summed E-state index contributed by atoms with van der Waals surface area (Å²) in [6, 6.07) is 15.2. The molecule has 27 heavy (non-hydrogen) atoms. The van der Waals surface area contributed by atoms with Gasteiger partial charge in [0.2, 0.25) is 11.8 Å². The predicted molar refractivity (Wildman–Crippen MR) is 105 cm³/mol. The van der Waals surface area contributed by atoms with E-state index in [9.17, 15) is 9.59 Å². The molecule has 0 aliphatic carbocycles. The number of nitrogens with one attached hydrogen (secondary N) is 1. The first kappa shape index (κ1) is 20.3. The Bertz CT molecular complexity index is 762. The maximum absolute atomic E-state index is 12.3. The molecule has 0 unspecified atom stereocenters. The van der Waals surface area contributed by atoms with E-state index in [2.05, 4.69) is 17.4 Å². The molecule has 2 rings (SSSR count). The lowest BCUT2D eigenvalue weighted by molar-refractivity contribution is -0.132. The van der Waals surface area contributed by atoms with Gasteiger partial charge in [0.15, 0.2) is 11.5 Å². The second-order valence-electron chi connectivity index (χ2n) is 6.15. The molecule has 0 aliphatic rings. The number of benzene rings is 2. The largest absolute Gasteiger partial charge is 0.493 e. The minimum Gasteiger partial charge on any atom is -0.493 e. The zero-order valence-electron chi connectivity index (χ0n) is 16.0. The predicted octanol–water partition coefficient (Wildman–Crippen LogP) is 3.12. The number of aryl methyl sites for hydroxylation is 1. The van der Waals surface area contributed by atoms with Crippen LogP contribution in [0.5, 0.6) is 11.5 Å². The molecule has 2 amide bonds. The second kappa shape index (κ2) is 10.2. The normalized spacial score (nSPS) is 10.2. The van der Waals surface area contributed by atoms with Crippen LogP contribution in [0, 0.1) is 0 Å². The molecule has 6 nitrogen and oxygen atoms in total. The van der Waals surface area contributed by atoms with Crippen LogP contribution in [0.1, 0.15) is 18.9 Å². The molecule has 0 saturated carbocycles. The first-order valence-corrected chi connectivity index (χ1v) is 8.84. The molecule has 2 aromatic carbocycles. The first-order chi connectivity index (χ1) is 13.0. The molecule has 0 aliphatic heterocycles.